The van der Waals surface area contributed by atoms with E-state index >= 15 is 0 Å². The molecule has 0 aliphatic carbocycles. The highest BCUT2D eigenvalue weighted by molar-refractivity contribution is 5.47. The van der Waals surface area contributed by atoms with Gasteiger partial charge in [0.15, 0.2) is 0 Å². The largest absolute Gasteiger partial charge is 0.357 e. The molecule has 1 heterocycles. The molecule has 1 unspecified atom stereocenters. The van der Waals surface area contributed by atoms with Gasteiger partial charge in [-0.2, -0.15) is 0 Å². The van der Waals surface area contributed by atoms with E-state index in [1.807, 2.05) is 7.05 Å². The van der Waals surface area contributed by atoms with Crippen LogP contribution in [-0.4, -0.2) is 24.1 Å². The molecule has 1 atom stereocenters. The number of anilines is 1. The van der Waals surface area contributed by atoms with Gasteiger partial charge in [0, 0.05) is 31.2 Å². The van der Waals surface area contributed by atoms with Crippen LogP contribution in [0.1, 0.15) is 39.7 Å². The van der Waals surface area contributed by atoms with E-state index in [-0.39, 0.29) is 5.82 Å². The van der Waals surface area contributed by atoms with Gasteiger partial charge in [-0.05, 0) is 19.4 Å². The molecule has 0 fully saturated rings. The van der Waals surface area contributed by atoms with Crippen molar-refractivity contribution in [2.24, 2.45) is 0 Å². The molecule has 1 rings (SSSR count). The van der Waals surface area contributed by atoms with Gasteiger partial charge in [0.1, 0.15) is 11.6 Å². The molecule has 1 aromatic heterocycles. The average molecular weight is 253 g/mol. The Bertz CT molecular complexity index is 379. The van der Waals surface area contributed by atoms with Crippen LogP contribution < -0.4 is 10.2 Å². The van der Waals surface area contributed by atoms with Gasteiger partial charge in [0.25, 0.3) is 0 Å². The summed E-state index contributed by atoms with van der Waals surface area (Å²) in [5.74, 6) is 0.579. The lowest BCUT2D eigenvalue weighted by atomic mass is 10.2. The first-order chi connectivity index (χ1) is 8.45. The molecule has 0 aliphatic rings. The molecule has 0 spiro atoms. The number of hydrogen-bond donors (Lipinski definition) is 1. The highest BCUT2D eigenvalue weighted by atomic mass is 19.1. The Morgan fingerprint density at radius 2 is 2.06 bits per heavy atom. The smallest absolute Gasteiger partial charge is 0.141 e. The van der Waals surface area contributed by atoms with Crippen molar-refractivity contribution in [2.75, 3.05) is 11.9 Å². The van der Waals surface area contributed by atoms with E-state index in [1.165, 1.54) is 6.20 Å². The van der Waals surface area contributed by atoms with Gasteiger partial charge >= 0.3 is 0 Å². The second-order valence-corrected chi connectivity index (χ2v) is 5.04. The molecule has 18 heavy (non-hydrogen) atoms. The topological polar surface area (TPSA) is 28.2 Å². The predicted octanol–water partition coefficient (Wildman–Crippen LogP) is 2.95. The van der Waals surface area contributed by atoms with Gasteiger partial charge in [-0.3, -0.25) is 0 Å². The summed E-state index contributed by atoms with van der Waals surface area (Å²) in [6, 6.07) is 2.33. The average Bonchev–Trinajstić information content (AvgIpc) is 2.34. The minimum atomic E-state index is -0.281. The lowest BCUT2D eigenvalue weighted by Crippen LogP contribution is -2.31. The van der Waals surface area contributed by atoms with Crippen molar-refractivity contribution in [1.29, 1.82) is 0 Å². The van der Waals surface area contributed by atoms with Crippen LogP contribution in [0.4, 0.5) is 10.2 Å². The van der Waals surface area contributed by atoms with Crippen LogP contribution in [0.25, 0.3) is 0 Å². The van der Waals surface area contributed by atoms with Crippen molar-refractivity contribution in [3.8, 4) is 0 Å². The summed E-state index contributed by atoms with van der Waals surface area (Å²) >= 11 is 0. The van der Waals surface area contributed by atoms with Crippen LogP contribution in [0.15, 0.2) is 12.3 Å². The van der Waals surface area contributed by atoms with E-state index < -0.39 is 0 Å². The predicted molar refractivity (Wildman–Crippen MR) is 74.3 cm³/mol. The van der Waals surface area contributed by atoms with Crippen molar-refractivity contribution in [3.05, 3.63) is 23.6 Å². The first-order valence-corrected chi connectivity index (χ1v) is 6.56. The Kier molecular flexibility index (Phi) is 5.54. The number of pyridine rings is 1. The standard InChI is InChI=1S/C14H24FN3/c1-6-11(4)18(5)14-12(8-16-10(2)3)7-13(15)9-17-14/h7,9-11,16H,6,8H2,1-5H3. The number of halogens is 1. The third-order valence-electron chi connectivity index (χ3n) is 3.20. The van der Waals surface area contributed by atoms with E-state index in [9.17, 15) is 4.39 Å². The lowest BCUT2D eigenvalue weighted by molar-refractivity contribution is 0.572. The third-order valence-corrected chi connectivity index (χ3v) is 3.20. The fourth-order valence-electron chi connectivity index (χ4n) is 1.72. The first-order valence-electron chi connectivity index (χ1n) is 6.56. The molecule has 102 valence electrons. The maximum Gasteiger partial charge on any atom is 0.141 e. The number of rotatable bonds is 6. The van der Waals surface area contributed by atoms with Crippen molar-refractivity contribution >= 4 is 5.82 Å². The maximum absolute atomic E-state index is 13.3. The molecule has 0 saturated heterocycles. The number of nitrogens with zero attached hydrogens (tertiary/aromatic N) is 2. The molecule has 0 amide bonds. The van der Waals surface area contributed by atoms with Gasteiger partial charge in [-0.25, -0.2) is 9.37 Å². The minimum absolute atomic E-state index is 0.281. The Labute approximate surface area is 109 Å². The van der Waals surface area contributed by atoms with Crippen molar-refractivity contribution < 1.29 is 4.39 Å². The number of hydrogen-bond acceptors (Lipinski definition) is 3. The summed E-state index contributed by atoms with van der Waals surface area (Å²) in [7, 11) is 2.01. The van der Waals surface area contributed by atoms with Crippen LogP contribution in [0.2, 0.25) is 0 Å². The maximum atomic E-state index is 13.3. The van der Waals surface area contributed by atoms with Crippen molar-refractivity contribution in [2.45, 2.75) is 52.7 Å². The van der Waals surface area contributed by atoms with Crippen LogP contribution >= 0.6 is 0 Å². The summed E-state index contributed by atoms with van der Waals surface area (Å²) in [6.45, 7) is 9.06. The first kappa shape index (κ1) is 14.9. The van der Waals surface area contributed by atoms with Gasteiger partial charge in [0.05, 0.1) is 6.20 Å². The van der Waals surface area contributed by atoms with Crippen LogP contribution in [0, 0.1) is 5.82 Å². The Hall–Kier alpha value is -1.16. The molecule has 1 aromatic rings. The zero-order chi connectivity index (χ0) is 13.7. The van der Waals surface area contributed by atoms with E-state index in [4.69, 9.17) is 0 Å². The summed E-state index contributed by atoms with van der Waals surface area (Å²) in [5, 5.41) is 3.31. The summed E-state index contributed by atoms with van der Waals surface area (Å²) in [5.41, 5.74) is 0.909. The van der Waals surface area contributed by atoms with Crippen molar-refractivity contribution in [3.63, 3.8) is 0 Å². The SMILES string of the molecule is CCC(C)N(C)c1ncc(F)cc1CNC(C)C. The zero-order valence-corrected chi connectivity index (χ0v) is 12.0. The minimum Gasteiger partial charge on any atom is -0.357 e. The van der Waals surface area contributed by atoms with Gasteiger partial charge < -0.3 is 10.2 Å². The molecular weight excluding hydrogens is 229 g/mol. The van der Waals surface area contributed by atoms with Gasteiger partial charge in [-0.1, -0.05) is 20.8 Å². The second-order valence-electron chi connectivity index (χ2n) is 5.04. The van der Waals surface area contributed by atoms with E-state index in [2.05, 4.69) is 42.9 Å². The molecule has 3 nitrogen and oxygen atoms in total. The van der Waals surface area contributed by atoms with Crippen LogP contribution in [0.5, 0.6) is 0 Å². The quantitative estimate of drug-likeness (QED) is 0.845. The number of aromatic nitrogens is 1. The third kappa shape index (κ3) is 3.95. The van der Waals surface area contributed by atoms with Crippen molar-refractivity contribution in [1.82, 2.24) is 10.3 Å². The molecule has 0 saturated carbocycles. The van der Waals surface area contributed by atoms with Gasteiger partial charge in [-0.15, -0.1) is 0 Å². The molecule has 0 aromatic carbocycles. The fraction of sp³-hybridized carbons (Fsp3) is 0.643. The molecule has 0 bridgehead atoms. The highest BCUT2D eigenvalue weighted by Crippen LogP contribution is 2.20. The second kappa shape index (κ2) is 6.69. The number of nitrogens with one attached hydrogen (secondary N) is 1. The Morgan fingerprint density at radius 1 is 1.39 bits per heavy atom. The lowest BCUT2D eigenvalue weighted by Gasteiger charge is -2.27. The van der Waals surface area contributed by atoms with E-state index in [1.54, 1.807) is 6.07 Å². The van der Waals surface area contributed by atoms with Crippen LogP contribution in [-0.2, 0) is 6.54 Å². The fourth-order valence-corrected chi connectivity index (χ4v) is 1.72. The summed E-state index contributed by atoms with van der Waals surface area (Å²) in [6.07, 6.45) is 2.32. The molecule has 1 N–H and O–H groups in total. The molecule has 0 radical (unpaired) electrons. The van der Waals surface area contributed by atoms with Crippen LogP contribution in [0.3, 0.4) is 0 Å². The molecular formula is C14H24FN3. The molecule has 0 aliphatic heterocycles. The molecule has 4 heteroatoms. The Morgan fingerprint density at radius 3 is 2.61 bits per heavy atom. The Balaban J connectivity index is 2.95. The zero-order valence-electron chi connectivity index (χ0n) is 12.0. The normalized spacial score (nSPS) is 12.8. The summed E-state index contributed by atoms with van der Waals surface area (Å²) in [4.78, 5) is 6.34. The summed E-state index contributed by atoms with van der Waals surface area (Å²) < 4.78 is 13.3. The van der Waals surface area contributed by atoms with Gasteiger partial charge in [0.2, 0.25) is 0 Å². The van der Waals surface area contributed by atoms with E-state index in [0.717, 1.165) is 17.8 Å². The monoisotopic (exact) mass is 253 g/mol. The highest BCUT2D eigenvalue weighted by Gasteiger charge is 2.14. The van der Waals surface area contributed by atoms with E-state index in [0.29, 0.717) is 18.6 Å².